The molecule has 0 spiro atoms. The molecule has 0 unspecified atom stereocenters. The standard InChI is InChI=1S/C20H22O4/c1-14(21)13-19(22)24-18-11-7-16(8-12-18)20(2,3)15-5-9-17(23-4)10-6-15/h5-12H,13H2,1-4H3. The van der Waals surface area contributed by atoms with Gasteiger partial charge in [0.2, 0.25) is 0 Å². The molecule has 0 amide bonds. The zero-order valence-electron chi connectivity index (χ0n) is 14.5. The van der Waals surface area contributed by atoms with E-state index in [1.807, 2.05) is 36.4 Å². The largest absolute Gasteiger partial charge is 0.497 e. The molecule has 0 saturated heterocycles. The van der Waals surface area contributed by atoms with Gasteiger partial charge >= 0.3 is 5.97 Å². The van der Waals surface area contributed by atoms with E-state index in [9.17, 15) is 9.59 Å². The van der Waals surface area contributed by atoms with Crippen LogP contribution < -0.4 is 9.47 Å². The second-order valence-corrected chi connectivity index (χ2v) is 6.23. The minimum absolute atomic E-state index is 0.200. The molecule has 0 aliphatic rings. The topological polar surface area (TPSA) is 52.6 Å². The fraction of sp³-hybridized carbons (Fsp3) is 0.300. The summed E-state index contributed by atoms with van der Waals surface area (Å²) in [4.78, 5) is 22.5. The van der Waals surface area contributed by atoms with Gasteiger partial charge in [0.1, 0.15) is 23.7 Å². The first-order valence-corrected chi connectivity index (χ1v) is 7.78. The maximum Gasteiger partial charge on any atom is 0.318 e. The van der Waals surface area contributed by atoms with Crippen LogP contribution in [0.15, 0.2) is 48.5 Å². The van der Waals surface area contributed by atoms with E-state index in [0.717, 1.165) is 16.9 Å². The summed E-state index contributed by atoms with van der Waals surface area (Å²) in [5.74, 6) is 0.514. The normalized spacial score (nSPS) is 11.0. The molecule has 0 N–H and O–H groups in total. The molecule has 0 fully saturated rings. The first-order chi connectivity index (χ1) is 11.3. The third kappa shape index (κ3) is 4.22. The number of ether oxygens (including phenoxy) is 2. The Balaban J connectivity index is 2.15. The monoisotopic (exact) mass is 326 g/mol. The molecule has 2 aromatic rings. The van der Waals surface area contributed by atoms with E-state index in [4.69, 9.17) is 9.47 Å². The second kappa shape index (κ2) is 7.30. The van der Waals surface area contributed by atoms with Gasteiger partial charge in [-0.25, -0.2) is 0 Å². The molecule has 126 valence electrons. The van der Waals surface area contributed by atoms with Gasteiger partial charge in [0.25, 0.3) is 0 Å². The van der Waals surface area contributed by atoms with E-state index in [-0.39, 0.29) is 17.6 Å². The lowest BCUT2D eigenvalue weighted by Gasteiger charge is -2.26. The van der Waals surface area contributed by atoms with Gasteiger partial charge < -0.3 is 9.47 Å². The summed E-state index contributed by atoms with van der Waals surface area (Å²) in [7, 11) is 1.65. The number of benzene rings is 2. The van der Waals surface area contributed by atoms with Gasteiger partial charge in [0, 0.05) is 5.41 Å². The molecule has 2 rings (SSSR count). The van der Waals surface area contributed by atoms with Crippen molar-refractivity contribution in [3.63, 3.8) is 0 Å². The van der Waals surface area contributed by atoms with Crippen LogP contribution >= 0.6 is 0 Å². The summed E-state index contributed by atoms with van der Waals surface area (Å²) in [5.41, 5.74) is 2.05. The van der Waals surface area contributed by atoms with E-state index in [2.05, 4.69) is 13.8 Å². The van der Waals surface area contributed by atoms with E-state index < -0.39 is 5.97 Å². The van der Waals surface area contributed by atoms with Crippen molar-refractivity contribution < 1.29 is 19.1 Å². The number of esters is 1. The Labute approximate surface area is 142 Å². The van der Waals surface area contributed by atoms with Crippen LogP contribution in [-0.4, -0.2) is 18.9 Å². The lowest BCUT2D eigenvalue weighted by molar-refractivity contribution is -0.137. The van der Waals surface area contributed by atoms with Gasteiger partial charge in [0.05, 0.1) is 7.11 Å². The highest BCUT2D eigenvalue weighted by Crippen LogP contribution is 2.33. The number of hydrogen-bond donors (Lipinski definition) is 0. The van der Waals surface area contributed by atoms with Crippen molar-refractivity contribution in [1.82, 2.24) is 0 Å². The SMILES string of the molecule is COc1ccc(C(C)(C)c2ccc(OC(=O)CC(C)=O)cc2)cc1. The summed E-state index contributed by atoms with van der Waals surface area (Å²) in [6.45, 7) is 5.62. The van der Waals surface area contributed by atoms with Crippen LogP contribution in [0.4, 0.5) is 0 Å². The predicted octanol–water partition coefficient (Wildman–Crippen LogP) is 3.91. The highest BCUT2D eigenvalue weighted by Gasteiger charge is 2.23. The Morgan fingerprint density at radius 1 is 0.875 bits per heavy atom. The summed E-state index contributed by atoms with van der Waals surface area (Å²) < 4.78 is 10.3. The van der Waals surface area contributed by atoms with Crippen LogP contribution in [-0.2, 0) is 15.0 Å². The minimum Gasteiger partial charge on any atom is -0.497 e. The maximum atomic E-state index is 11.5. The molecule has 0 aromatic heterocycles. The van der Waals surface area contributed by atoms with Crippen LogP contribution in [0.2, 0.25) is 0 Å². The molecule has 4 heteroatoms. The van der Waals surface area contributed by atoms with Crippen molar-refractivity contribution in [1.29, 1.82) is 0 Å². The summed E-state index contributed by atoms with van der Waals surface area (Å²) in [6.07, 6.45) is -0.209. The Hall–Kier alpha value is -2.62. The summed E-state index contributed by atoms with van der Waals surface area (Å²) >= 11 is 0. The fourth-order valence-electron chi connectivity index (χ4n) is 2.48. The summed E-state index contributed by atoms with van der Waals surface area (Å²) in [6, 6.07) is 15.3. The van der Waals surface area contributed by atoms with Crippen molar-refractivity contribution in [3.8, 4) is 11.5 Å². The number of hydrogen-bond acceptors (Lipinski definition) is 4. The molecule has 4 nitrogen and oxygen atoms in total. The molecule has 24 heavy (non-hydrogen) atoms. The Morgan fingerprint density at radius 3 is 1.75 bits per heavy atom. The quantitative estimate of drug-likeness (QED) is 0.459. The average Bonchev–Trinajstić information content (AvgIpc) is 2.54. The second-order valence-electron chi connectivity index (χ2n) is 6.23. The van der Waals surface area contributed by atoms with Gasteiger partial charge in [-0.15, -0.1) is 0 Å². The molecule has 0 aliphatic carbocycles. The van der Waals surface area contributed by atoms with Crippen molar-refractivity contribution >= 4 is 11.8 Å². The first kappa shape index (κ1) is 17.7. The minimum atomic E-state index is -0.537. The smallest absolute Gasteiger partial charge is 0.318 e. The Morgan fingerprint density at radius 2 is 1.33 bits per heavy atom. The van der Waals surface area contributed by atoms with E-state index in [0.29, 0.717) is 5.75 Å². The molecule has 0 heterocycles. The lowest BCUT2D eigenvalue weighted by atomic mass is 9.78. The maximum absolute atomic E-state index is 11.5. The Kier molecular flexibility index (Phi) is 5.39. The van der Waals surface area contributed by atoms with Crippen molar-refractivity contribution in [3.05, 3.63) is 59.7 Å². The van der Waals surface area contributed by atoms with Gasteiger partial charge in [-0.1, -0.05) is 38.1 Å². The third-order valence-corrected chi connectivity index (χ3v) is 4.01. The lowest BCUT2D eigenvalue weighted by Crippen LogP contribution is -2.19. The average molecular weight is 326 g/mol. The molecule has 0 bridgehead atoms. The zero-order valence-corrected chi connectivity index (χ0v) is 14.5. The number of carbonyl (C=O) groups is 2. The van der Waals surface area contributed by atoms with E-state index >= 15 is 0 Å². The van der Waals surface area contributed by atoms with Gasteiger partial charge in [-0.2, -0.15) is 0 Å². The van der Waals surface area contributed by atoms with Crippen LogP contribution in [0.5, 0.6) is 11.5 Å². The predicted molar refractivity (Wildman–Crippen MR) is 92.5 cm³/mol. The molecule has 0 saturated carbocycles. The third-order valence-electron chi connectivity index (χ3n) is 4.01. The number of rotatable bonds is 6. The van der Waals surface area contributed by atoms with Crippen LogP contribution in [0.1, 0.15) is 38.3 Å². The molecular weight excluding hydrogens is 304 g/mol. The first-order valence-electron chi connectivity index (χ1n) is 7.78. The van der Waals surface area contributed by atoms with Crippen LogP contribution in [0.25, 0.3) is 0 Å². The number of Topliss-reactive ketones (excluding diaryl/α,β-unsaturated/α-hetero) is 1. The zero-order chi connectivity index (χ0) is 17.7. The summed E-state index contributed by atoms with van der Waals surface area (Å²) in [5, 5.41) is 0. The number of methoxy groups -OCH3 is 1. The molecule has 0 aliphatic heterocycles. The van der Waals surface area contributed by atoms with Crippen molar-refractivity contribution in [2.45, 2.75) is 32.6 Å². The molecule has 0 radical (unpaired) electrons. The molecular formula is C20H22O4. The highest BCUT2D eigenvalue weighted by atomic mass is 16.5. The van der Waals surface area contributed by atoms with E-state index in [1.165, 1.54) is 6.92 Å². The van der Waals surface area contributed by atoms with Crippen molar-refractivity contribution in [2.24, 2.45) is 0 Å². The van der Waals surface area contributed by atoms with E-state index in [1.54, 1.807) is 19.2 Å². The van der Waals surface area contributed by atoms with Gasteiger partial charge in [-0.3, -0.25) is 9.59 Å². The van der Waals surface area contributed by atoms with Gasteiger partial charge in [-0.05, 0) is 42.3 Å². The highest BCUT2D eigenvalue weighted by molar-refractivity contribution is 5.94. The fourth-order valence-corrected chi connectivity index (χ4v) is 2.48. The molecule has 2 aromatic carbocycles. The van der Waals surface area contributed by atoms with Gasteiger partial charge in [0.15, 0.2) is 0 Å². The number of carbonyl (C=O) groups excluding carboxylic acids is 2. The van der Waals surface area contributed by atoms with Crippen LogP contribution in [0, 0.1) is 0 Å². The van der Waals surface area contributed by atoms with Crippen LogP contribution in [0.3, 0.4) is 0 Å². The van der Waals surface area contributed by atoms with Crippen molar-refractivity contribution in [2.75, 3.05) is 7.11 Å². The number of ketones is 1. The molecule has 0 atom stereocenters. The Bertz CT molecular complexity index is 712.